The maximum Gasteiger partial charge on any atom is 0.425 e. The van der Waals surface area contributed by atoms with Crippen molar-refractivity contribution in [3.63, 3.8) is 0 Å². The summed E-state index contributed by atoms with van der Waals surface area (Å²) in [6.07, 6.45) is 1.31. The van der Waals surface area contributed by atoms with Gasteiger partial charge in [0, 0.05) is 0 Å². The molecule has 5 N–H and O–H groups in total. The number of Topliss-reactive ketones (excluding diaryl/α,β-unsaturated/α-hetero) is 1. The summed E-state index contributed by atoms with van der Waals surface area (Å²) in [5.74, 6) is -0.852. The highest BCUT2D eigenvalue weighted by Gasteiger charge is 2.34. The fourth-order valence-corrected chi connectivity index (χ4v) is 2.80. The van der Waals surface area contributed by atoms with Crippen LogP contribution in [0.2, 0.25) is 0 Å². The lowest BCUT2D eigenvalue weighted by Gasteiger charge is -2.34. The van der Waals surface area contributed by atoms with E-state index in [2.05, 4.69) is 5.43 Å². The molecule has 0 unspecified atom stereocenters. The number of nitrogens with two attached hydrogens (primary N) is 2. The standard InChI is InChI=1S/C21H34N4O4/c1-15(26)18(12-8-9-13-22)25(20(28)29-21(2,3)4)24-17(19(23)27)14-16-10-6-5-7-11-16/h5-7,10-11,17-18,24H,8-9,12-14,22H2,1-4H3,(H2,23,27)/t17-,18-/m0/s1. The van der Waals surface area contributed by atoms with Crippen LogP contribution in [0.3, 0.4) is 0 Å². The van der Waals surface area contributed by atoms with Gasteiger partial charge in [0.2, 0.25) is 5.91 Å². The summed E-state index contributed by atoms with van der Waals surface area (Å²) in [4.78, 5) is 37.3. The zero-order valence-electron chi connectivity index (χ0n) is 17.8. The summed E-state index contributed by atoms with van der Waals surface area (Å²) < 4.78 is 5.46. The van der Waals surface area contributed by atoms with Gasteiger partial charge in [-0.2, -0.15) is 0 Å². The Bertz CT molecular complexity index is 673. The first-order valence-corrected chi connectivity index (χ1v) is 9.87. The first-order valence-electron chi connectivity index (χ1n) is 9.87. The Morgan fingerprint density at radius 1 is 1.14 bits per heavy atom. The van der Waals surface area contributed by atoms with Crippen molar-refractivity contribution in [3.8, 4) is 0 Å². The Kier molecular flexibility index (Phi) is 9.77. The number of nitrogens with zero attached hydrogens (tertiary/aromatic N) is 1. The number of carbonyl (C=O) groups excluding carboxylic acids is 3. The van der Waals surface area contributed by atoms with Crippen LogP contribution in [-0.2, 0) is 20.7 Å². The number of carbonyl (C=O) groups is 3. The third-order valence-electron chi connectivity index (χ3n) is 4.22. The molecular formula is C21H34N4O4. The van der Waals surface area contributed by atoms with E-state index in [-0.39, 0.29) is 12.2 Å². The van der Waals surface area contributed by atoms with E-state index in [0.29, 0.717) is 19.4 Å². The molecule has 2 atom stereocenters. The Labute approximate surface area is 172 Å². The molecule has 29 heavy (non-hydrogen) atoms. The van der Waals surface area contributed by atoms with Gasteiger partial charge in [0.1, 0.15) is 17.7 Å². The molecule has 8 nitrogen and oxygen atoms in total. The molecule has 8 heteroatoms. The molecule has 1 rings (SSSR count). The number of ketones is 1. The van der Waals surface area contributed by atoms with Gasteiger partial charge in [-0.3, -0.25) is 9.59 Å². The van der Waals surface area contributed by atoms with Crippen molar-refractivity contribution in [2.45, 2.75) is 71.1 Å². The van der Waals surface area contributed by atoms with E-state index in [1.54, 1.807) is 20.8 Å². The van der Waals surface area contributed by atoms with Crippen LogP contribution in [0, 0.1) is 0 Å². The largest absolute Gasteiger partial charge is 0.443 e. The summed E-state index contributed by atoms with van der Waals surface area (Å²) in [5, 5.41) is 1.11. The Hall–Kier alpha value is -2.45. The molecule has 1 aromatic rings. The van der Waals surface area contributed by atoms with Crippen molar-refractivity contribution in [2.75, 3.05) is 6.54 Å². The summed E-state index contributed by atoms with van der Waals surface area (Å²) in [6, 6.07) is 7.61. The molecule has 0 saturated carbocycles. The van der Waals surface area contributed by atoms with Gasteiger partial charge in [0.25, 0.3) is 0 Å². The maximum absolute atomic E-state index is 12.9. The van der Waals surface area contributed by atoms with Gasteiger partial charge >= 0.3 is 6.09 Å². The minimum Gasteiger partial charge on any atom is -0.443 e. The summed E-state index contributed by atoms with van der Waals surface area (Å²) >= 11 is 0. The molecule has 1 aromatic carbocycles. The first kappa shape index (κ1) is 24.6. The van der Waals surface area contributed by atoms with Crippen LogP contribution in [0.1, 0.15) is 52.5 Å². The Morgan fingerprint density at radius 2 is 1.76 bits per heavy atom. The van der Waals surface area contributed by atoms with E-state index in [4.69, 9.17) is 16.2 Å². The van der Waals surface area contributed by atoms with Crippen LogP contribution < -0.4 is 16.9 Å². The average molecular weight is 407 g/mol. The van der Waals surface area contributed by atoms with Crippen LogP contribution in [-0.4, -0.2) is 47.0 Å². The van der Waals surface area contributed by atoms with E-state index in [1.807, 2.05) is 30.3 Å². The van der Waals surface area contributed by atoms with Gasteiger partial charge in [0.05, 0.1) is 0 Å². The maximum atomic E-state index is 12.9. The van der Waals surface area contributed by atoms with Crippen molar-refractivity contribution in [2.24, 2.45) is 11.5 Å². The molecule has 0 saturated heterocycles. The van der Waals surface area contributed by atoms with Gasteiger partial charge < -0.3 is 16.2 Å². The topological polar surface area (TPSA) is 128 Å². The Morgan fingerprint density at radius 3 is 2.24 bits per heavy atom. The third kappa shape index (κ3) is 9.06. The fraction of sp³-hybridized carbons (Fsp3) is 0.571. The summed E-state index contributed by atoms with van der Waals surface area (Å²) in [6.45, 7) is 7.09. The minimum atomic E-state index is -0.888. The predicted octanol–water partition coefficient (Wildman–Crippen LogP) is 1.91. The van der Waals surface area contributed by atoms with Gasteiger partial charge in [-0.25, -0.2) is 15.2 Å². The lowest BCUT2D eigenvalue weighted by molar-refractivity contribution is -0.127. The molecular weight excluding hydrogens is 372 g/mol. The van der Waals surface area contributed by atoms with Crippen LogP contribution >= 0.6 is 0 Å². The molecule has 0 radical (unpaired) electrons. The summed E-state index contributed by atoms with van der Waals surface area (Å²) in [7, 11) is 0. The van der Waals surface area contributed by atoms with E-state index in [0.717, 1.165) is 17.0 Å². The molecule has 0 fully saturated rings. The van der Waals surface area contributed by atoms with Crippen LogP contribution in [0.5, 0.6) is 0 Å². The quantitative estimate of drug-likeness (QED) is 0.380. The zero-order chi connectivity index (χ0) is 22.0. The average Bonchev–Trinajstić information content (AvgIpc) is 2.61. The van der Waals surface area contributed by atoms with E-state index < -0.39 is 29.7 Å². The second-order valence-electron chi connectivity index (χ2n) is 8.04. The lowest BCUT2D eigenvalue weighted by atomic mass is 10.0. The number of amides is 2. The van der Waals surface area contributed by atoms with Gasteiger partial charge in [0.15, 0.2) is 5.78 Å². The molecule has 2 amide bonds. The second kappa shape index (κ2) is 11.5. The smallest absolute Gasteiger partial charge is 0.425 e. The van der Waals surface area contributed by atoms with E-state index in [1.165, 1.54) is 6.92 Å². The highest BCUT2D eigenvalue weighted by atomic mass is 16.6. The zero-order valence-corrected chi connectivity index (χ0v) is 17.8. The predicted molar refractivity (Wildman–Crippen MR) is 112 cm³/mol. The highest BCUT2D eigenvalue weighted by molar-refractivity contribution is 5.86. The van der Waals surface area contributed by atoms with Crippen molar-refractivity contribution >= 4 is 17.8 Å². The summed E-state index contributed by atoms with van der Waals surface area (Å²) in [5.41, 5.74) is 14.1. The normalized spacial score (nSPS) is 13.4. The van der Waals surface area contributed by atoms with Crippen LogP contribution in [0.15, 0.2) is 30.3 Å². The van der Waals surface area contributed by atoms with Crippen molar-refractivity contribution < 1.29 is 19.1 Å². The number of primary amides is 1. The molecule has 0 aromatic heterocycles. The van der Waals surface area contributed by atoms with Crippen molar-refractivity contribution in [3.05, 3.63) is 35.9 Å². The van der Waals surface area contributed by atoms with Crippen molar-refractivity contribution in [1.29, 1.82) is 0 Å². The van der Waals surface area contributed by atoms with E-state index in [9.17, 15) is 14.4 Å². The monoisotopic (exact) mass is 406 g/mol. The molecule has 162 valence electrons. The number of hydrogen-bond donors (Lipinski definition) is 3. The second-order valence-corrected chi connectivity index (χ2v) is 8.04. The first-order chi connectivity index (χ1) is 13.5. The van der Waals surface area contributed by atoms with Gasteiger partial charge in [-0.1, -0.05) is 30.3 Å². The number of rotatable bonds is 11. The van der Waals surface area contributed by atoms with Crippen LogP contribution in [0.4, 0.5) is 4.79 Å². The number of benzene rings is 1. The SMILES string of the molecule is CC(=O)[C@H](CCCCN)N(N[C@@H](Cc1ccccc1)C(N)=O)C(=O)OC(C)(C)C. The fourth-order valence-electron chi connectivity index (χ4n) is 2.80. The minimum absolute atomic E-state index is 0.219. The molecule has 0 aliphatic heterocycles. The molecule has 0 bridgehead atoms. The Balaban J connectivity index is 3.12. The molecule has 0 heterocycles. The number of unbranched alkanes of at least 4 members (excludes halogenated alkanes) is 1. The highest BCUT2D eigenvalue weighted by Crippen LogP contribution is 2.16. The third-order valence-corrected chi connectivity index (χ3v) is 4.22. The number of hydrogen-bond acceptors (Lipinski definition) is 6. The number of ether oxygens (including phenoxy) is 1. The van der Waals surface area contributed by atoms with Crippen molar-refractivity contribution in [1.82, 2.24) is 10.4 Å². The molecule has 0 spiro atoms. The lowest BCUT2D eigenvalue weighted by Crippen LogP contribution is -2.60. The molecule has 0 aliphatic carbocycles. The number of nitrogens with one attached hydrogen (secondary N) is 1. The van der Waals surface area contributed by atoms with Crippen LogP contribution in [0.25, 0.3) is 0 Å². The molecule has 0 aliphatic rings. The van der Waals surface area contributed by atoms with E-state index >= 15 is 0 Å². The van der Waals surface area contributed by atoms with Gasteiger partial charge in [-0.05, 0) is 65.5 Å². The number of hydrazine groups is 1. The van der Waals surface area contributed by atoms with Gasteiger partial charge in [-0.15, -0.1) is 0 Å².